The molecule has 0 atom stereocenters. The molecule has 2 N–H and O–H groups in total. The molecular formula is C21H20ClN3O3. The molecule has 7 heteroatoms. The molecular weight excluding hydrogens is 378 g/mol. The van der Waals surface area contributed by atoms with Gasteiger partial charge in [-0.05, 0) is 48.9 Å². The zero-order valence-corrected chi connectivity index (χ0v) is 16.4. The lowest BCUT2D eigenvalue weighted by atomic mass is 10.0. The molecule has 1 aliphatic heterocycles. The molecule has 0 saturated heterocycles. The number of amides is 2. The van der Waals surface area contributed by atoms with Gasteiger partial charge in [-0.15, -0.1) is 0 Å². The molecule has 3 aromatic rings. The highest BCUT2D eigenvalue weighted by molar-refractivity contribution is 6.30. The molecule has 144 valence electrons. The Morgan fingerprint density at radius 2 is 2.04 bits per heavy atom. The summed E-state index contributed by atoms with van der Waals surface area (Å²) in [5.41, 5.74) is 5.24. The Balaban J connectivity index is 1.59. The number of carbonyl (C=O) groups is 2. The van der Waals surface area contributed by atoms with Crippen LogP contribution in [0.2, 0.25) is 5.02 Å². The van der Waals surface area contributed by atoms with Crippen LogP contribution in [0.4, 0.5) is 10.5 Å². The van der Waals surface area contributed by atoms with Crippen LogP contribution in [0.25, 0.3) is 10.9 Å². The summed E-state index contributed by atoms with van der Waals surface area (Å²) in [6, 6.07) is 10.7. The van der Waals surface area contributed by atoms with Crippen LogP contribution in [0.3, 0.4) is 0 Å². The maximum absolute atomic E-state index is 12.8. The van der Waals surface area contributed by atoms with Crippen molar-refractivity contribution in [3.63, 3.8) is 0 Å². The number of halogens is 1. The van der Waals surface area contributed by atoms with Crippen molar-refractivity contribution in [1.82, 2.24) is 9.88 Å². The second-order valence-corrected chi connectivity index (χ2v) is 7.33. The van der Waals surface area contributed by atoms with Gasteiger partial charge in [-0.1, -0.05) is 11.6 Å². The third kappa shape index (κ3) is 3.31. The van der Waals surface area contributed by atoms with Crippen LogP contribution in [0.15, 0.2) is 36.4 Å². The molecule has 0 aliphatic carbocycles. The maximum atomic E-state index is 12.8. The van der Waals surface area contributed by atoms with E-state index in [9.17, 15) is 9.59 Å². The molecule has 0 spiro atoms. The molecule has 2 amide bonds. The first-order chi connectivity index (χ1) is 13.5. The number of nitrogens with zero attached hydrogens (tertiary/aromatic N) is 1. The highest BCUT2D eigenvalue weighted by atomic mass is 35.5. The molecule has 6 nitrogen and oxygen atoms in total. The summed E-state index contributed by atoms with van der Waals surface area (Å²) in [5, 5.41) is 4.54. The number of nitrogens with one attached hydrogen (secondary N) is 2. The van der Waals surface area contributed by atoms with Crippen LogP contribution in [-0.4, -0.2) is 35.5 Å². The fourth-order valence-corrected chi connectivity index (χ4v) is 3.82. The van der Waals surface area contributed by atoms with E-state index in [1.807, 2.05) is 25.1 Å². The summed E-state index contributed by atoms with van der Waals surface area (Å²) >= 11 is 5.99. The number of benzene rings is 2. The summed E-state index contributed by atoms with van der Waals surface area (Å²) in [6.45, 7) is 2.99. The van der Waals surface area contributed by atoms with Crippen LogP contribution in [0.1, 0.15) is 27.2 Å². The highest BCUT2D eigenvalue weighted by Crippen LogP contribution is 2.29. The number of esters is 1. The van der Waals surface area contributed by atoms with Crippen LogP contribution in [-0.2, 0) is 17.7 Å². The molecule has 0 radical (unpaired) electrons. The van der Waals surface area contributed by atoms with Crippen molar-refractivity contribution < 1.29 is 14.3 Å². The smallest absolute Gasteiger partial charge is 0.337 e. The number of hydrogen-bond acceptors (Lipinski definition) is 3. The van der Waals surface area contributed by atoms with E-state index in [0.29, 0.717) is 23.7 Å². The molecule has 4 rings (SSSR count). The Labute approximate surface area is 167 Å². The first-order valence-electron chi connectivity index (χ1n) is 9.00. The fraction of sp³-hybridized carbons (Fsp3) is 0.238. The molecule has 0 unspecified atom stereocenters. The Hall–Kier alpha value is -2.99. The van der Waals surface area contributed by atoms with Crippen LogP contribution < -0.4 is 5.32 Å². The number of aromatic nitrogens is 1. The molecule has 0 bridgehead atoms. The molecule has 2 heterocycles. The van der Waals surface area contributed by atoms with E-state index in [-0.39, 0.29) is 12.0 Å². The number of aromatic amines is 1. The van der Waals surface area contributed by atoms with Crippen molar-refractivity contribution in [3.05, 3.63) is 63.8 Å². The van der Waals surface area contributed by atoms with Crippen LogP contribution in [0, 0.1) is 6.92 Å². The average Bonchev–Trinajstić information content (AvgIpc) is 3.06. The minimum atomic E-state index is -0.375. The Kier molecular flexibility index (Phi) is 4.73. The van der Waals surface area contributed by atoms with E-state index in [0.717, 1.165) is 39.8 Å². The topological polar surface area (TPSA) is 74.4 Å². The van der Waals surface area contributed by atoms with E-state index in [2.05, 4.69) is 10.3 Å². The van der Waals surface area contributed by atoms with E-state index >= 15 is 0 Å². The van der Waals surface area contributed by atoms with Crippen molar-refractivity contribution in [2.75, 3.05) is 19.0 Å². The van der Waals surface area contributed by atoms with Crippen molar-refractivity contribution in [1.29, 1.82) is 0 Å². The average molecular weight is 398 g/mol. The van der Waals surface area contributed by atoms with Gasteiger partial charge in [0, 0.05) is 52.4 Å². The zero-order valence-electron chi connectivity index (χ0n) is 15.6. The minimum absolute atomic E-state index is 0.158. The number of methoxy groups -OCH3 is 1. The third-order valence-electron chi connectivity index (χ3n) is 5.11. The van der Waals surface area contributed by atoms with Gasteiger partial charge in [0.2, 0.25) is 0 Å². The van der Waals surface area contributed by atoms with Gasteiger partial charge in [-0.3, -0.25) is 0 Å². The van der Waals surface area contributed by atoms with Crippen molar-refractivity contribution in [2.45, 2.75) is 19.9 Å². The number of urea groups is 1. The molecule has 0 fully saturated rings. The van der Waals surface area contributed by atoms with Gasteiger partial charge in [0.25, 0.3) is 0 Å². The molecule has 1 aromatic heterocycles. The summed E-state index contributed by atoms with van der Waals surface area (Å²) in [4.78, 5) is 29.8. The van der Waals surface area contributed by atoms with E-state index in [1.165, 1.54) is 7.11 Å². The highest BCUT2D eigenvalue weighted by Gasteiger charge is 2.25. The van der Waals surface area contributed by atoms with E-state index < -0.39 is 0 Å². The SMILES string of the molecule is COC(=O)c1ccc2[nH]c3c(c2c1)CN(C(=O)Nc1ccc(Cl)cc1C)CC3. The number of H-pyrrole nitrogens is 1. The molecule has 0 saturated carbocycles. The molecule has 1 aliphatic rings. The number of ether oxygens (including phenoxy) is 1. The predicted molar refractivity (Wildman–Crippen MR) is 109 cm³/mol. The van der Waals surface area contributed by atoms with Crippen LogP contribution in [0.5, 0.6) is 0 Å². The number of fused-ring (bicyclic) bond motifs is 3. The lowest BCUT2D eigenvalue weighted by molar-refractivity contribution is 0.0601. The number of carbonyl (C=O) groups excluding carboxylic acids is 2. The largest absolute Gasteiger partial charge is 0.465 e. The number of aryl methyl sites for hydroxylation is 1. The molecule has 2 aromatic carbocycles. The maximum Gasteiger partial charge on any atom is 0.337 e. The lowest BCUT2D eigenvalue weighted by Crippen LogP contribution is -2.38. The van der Waals surface area contributed by atoms with Gasteiger partial charge in [-0.25, -0.2) is 9.59 Å². The van der Waals surface area contributed by atoms with Crippen molar-refractivity contribution >= 4 is 40.2 Å². The minimum Gasteiger partial charge on any atom is -0.465 e. The van der Waals surface area contributed by atoms with Gasteiger partial charge >= 0.3 is 12.0 Å². The quantitative estimate of drug-likeness (QED) is 0.625. The van der Waals surface area contributed by atoms with Gasteiger partial charge in [0.05, 0.1) is 12.7 Å². The lowest BCUT2D eigenvalue weighted by Gasteiger charge is -2.27. The second-order valence-electron chi connectivity index (χ2n) is 6.90. The first-order valence-corrected chi connectivity index (χ1v) is 9.38. The normalized spacial score (nSPS) is 13.3. The Morgan fingerprint density at radius 1 is 1.21 bits per heavy atom. The Bertz CT molecular complexity index is 1090. The fourth-order valence-electron chi connectivity index (χ4n) is 3.59. The standard InChI is InChI=1S/C21H20ClN3O3/c1-12-9-14(22)4-6-17(12)24-21(27)25-8-7-19-16(11-25)15-10-13(20(26)28-2)3-5-18(15)23-19/h3-6,9-10,23H,7-8,11H2,1-2H3,(H,24,27). The number of hydrogen-bond donors (Lipinski definition) is 2. The molecule has 28 heavy (non-hydrogen) atoms. The summed E-state index contributed by atoms with van der Waals surface area (Å²) < 4.78 is 4.82. The zero-order chi connectivity index (χ0) is 19.8. The van der Waals surface area contributed by atoms with Gasteiger partial charge in [-0.2, -0.15) is 0 Å². The second kappa shape index (κ2) is 7.20. The van der Waals surface area contributed by atoms with Gasteiger partial charge in [0.1, 0.15) is 0 Å². The third-order valence-corrected chi connectivity index (χ3v) is 5.35. The Morgan fingerprint density at radius 3 is 2.79 bits per heavy atom. The van der Waals surface area contributed by atoms with Crippen molar-refractivity contribution in [2.24, 2.45) is 0 Å². The summed E-state index contributed by atoms with van der Waals surface area (Å²) in [7, 11) is 1.37. The predicted octanol–water partition coefficient (Wildman–Crippen LogP) is 4.51. The summed E-state index contributed by atoms with van der Waals surface area (Å²) in [6.07, 6.45) is 0.727. The number of rotatable bonds is 2. The van der Waals surface area contributed by atoms with Gasteiger partial charge in [0.15, 0.2) is 0 Å². The van der Waals surface area contributed by atoms with Crippen LogP contribution >= 0.6 is 11.6 Å². The number of anilines is 1. The van der Waals surface area contributed by atoms with E-state index in [4.69, 9.17) is 16.3 Å². The first kappa shape index (κ1) is 18.4. The summed E-state index contributed by atoms with van der Waals surface area (Å²) in [5.74, 6) is -0.375. The van der Waals surface area contributed by atoms with E-state index in [1.54, 1.807) is 23.1 Å². The van der Waals surface area contributed by atoms with Crippen molar-refractivity contribution in [3.8, 4) is 0 Å². The van der Waals surface area contributed by atoms with Gasteiger partial charge < -0.3 is 19.9 Å². The monoisotopic (exact) mass is 397 g/mol.